The van der Waals surface area contributed by atoms with Crippen LogP contribution in [0.4, 0.5) is 0 Å². The second-order valence-corrected chi connectivity index (χ2v) is 22.0. The molecule has 0 heterocycles. The summed E-state index contributed by atoms with van der Waals surface area (Å²) in [5.41, 5.74) is 0. The Morgan fingerprint density at radius 1 is 0.522 bits per heavy atom. The van der Waals surface area contributed by atoms with E-state index in [2.05, 4.69) is 79.9 Å². The van der Waals surface area contributed by atoms with Crippen molar-refractivity contribution in [2.24, 2.45) is 0 Å². The first-order valence-electron chi connectivity index (χ1n) is 28.8. The number of hydrogen-bond donors (Lipinski definition) is 2. The van der Waals surface area contributed by atoms with Crippen LogP contribution in [0.2, 0.25) is 0 Å². The second-order valence-electron chi connectivity index (χ2n) is 20.6. The van der Waals surface area contributed by atoms with Crippen molar-refractivity contribution in [2.45, 2.75) is 264 Å². The van der Waals surface area contributed by atoms with Crippen LogP contribution in [0.15, 0.2) is 72.9 Å². The molecule has 69 heavy (non-hydrogen) atoms. The van der Waals surface area contributed by atoms with Gasteiger partial charge in [-0.3, -0.25) is 9.36 Å². The highest BCUT2D eigenvalue weighted by Gasteiger charge is 2.23. The zero-order valence-electron chi connectivity index (χ0n) is 45.8. The van der Waals surface area contributed by atoms with E-state index in [9.17, 15) is 19.4 Å². The molecule has 0 aromatic heterocycles. The van der Waals surface area contributed by atoms with E-state index in [-0.39, 0.29) is 19.1 Å². The third kappa shape index (κ3) is 53.6. The zero-order valence-corrected chi connectivity index (χ0v) is 46.6. The van der Waals surface area contributed by atoms with Gasteiger partial charge in [0.1, 0.15) is 13.2 Å². The van der Waals surface area contributed by atoms with Crippen LogP contribution in [0, 0.1) is 0 Å². The molecule has 9 heteroatoms. The molecule has 3 atom stereocenters. The standard InChI is InChI=1S/C60H111N2O6P/c1-6-8-10-12-14-16-18-19-20-21-22-23-24-25-26-27-28-29-30-31-32-33-34-35-36-37-38-39-40-41-42-43-44-46-48-50-52-54-60(64)61-58(57-68-69(65,66)67-56-55-62(3,4)5)59(63)53-51-49-47-45-17-15-13-11-9-7-2/h8,10,14,16,19-20,22-23,25-26,51,53,58-59,63H,6-7,9,11-13,15,17-18,21,24,27-50,52,54-57H2,1-5H3,(H-,61,64,65,66)/b10-8-,16-14-,20-19-,23-22-,26-25-,53-51+. The number of aliphatic hydroxyl groups is 1. The molecule has 0 rings (SSSR count). The number of nitrogens with one attached hydrogen (secondary N) is 1. The zero-order chi connectivity index (χ0) is 50.6. The number of carbonyl (C=O) groups is 1. The number of nitrogens with zero attached hydrogens (tertiary/aromatic N) is 1. The molecule has 1 amide bonds. The highest BCUT2D eigenvalue weighted by Crippen LogP contribution is 2.38. The van der Waals surface area contributed by atoms with E-state index >= 15 is 0 Å². The number of phosphoric ester groups is 1. The quantitative estimate of drug-likeness (QED) is 0.0272. The smallest absolute Gasteiger partial charge is 0.268 e. The maximum atomic E-state index is 12.9. The summed E-state index contributed by atoms with van der Waals surface area (Å²) < 4.78 is 23.2. The van der Waals surface area contributed by atoms with E-state index in [0.29, 0.717) is 17.4 Å². The third-order valence-electron chi connectivity index (χ3n) is 12.7. The van der Waals surface area contributed by atoms with Crippen molar-refractivity contribution in [3.63, 3.8) is 0 Å². The van der Waals surface area contributed by atoms with Gasteiger partial charge in [0.05, 0.1) is 39.9 Å². The number of aliphatic hydroxyl groups excluding tert-OH is 1. The van der Waals surface area contributed by atoms with Gasteiger partial charge >= 0.3 is 0 Å². The minimum Gasteiger partial charge on any atom is -0.756 e. The summed E-state index contributed by atoms with van der Waals surface area (Å²) >= 11 is 0. The normalized spacial score (nSPS) is 14.5. The first kappa shape index (κ1) is 66.9. The lowest BCUT2D eigenvalue weighted by atomic mass is 10.0. The van der Waals surface area contributed by atoms with Crippen molar-refractivity contribution >= 4 is 13.7 Å². The Morgan fingerprint density at radius 2 is 0.884 bits per heavy atom. The number of hydrogen-bond acceptors (Lipinski definition) is 6. The molecule has 0 radical (unpaired) electrons. The van der Waals surface area contributed by atoms with E-state index in [1.54, 1.807) is 6.08 Å². The van der Waals surface area contributed by atoms with Gasteiger partial charge in [-0.1, -0.05) is 254 Å². The first-order valence-corrected chi connectivity index (χ1v) is 30.3. The lowest BCUT2D eigenvalue weighted by molar-refractivity contribution is -0.870. The summed E-state index contributed by atoms with van der Waals surface area (Å²) in [6, 6.07) is -0.885. The second kappa shape index (κ2) is 50.9. The number of quaternary nitrogens is 1. The topological polar surface area (TPSA) is 108 Å². The van der Waals surface area contributed by atoms with E-state index in [0.717, 1.165) is 70.6 Å². The molecule has 0 fully saturated rings. The molecule has 8 nitrogen and oxygen atoms in total. The lowest BCUT2D eigenvalue weighted by Crippen LogP contribution is -2.45. The molecule has 0 aromatic rings. The average molecular weight is 988 g/mol. The number of allylic oxidation sites excluding steroid dienone is 11. The molecule has 402 valence electrons. The van der Waals surface area contributed by atoms with Gasteiger partial charge in [-0.25, -0.2) is 0 Å². The van der Waals surface area contributed by atoms with Gasteiger partial charge < -0.3 is 28.8 Å². The van der Waals surface area contributed by atoms with E-state index in [1.807, 2.05) is 27.2 Å². The SMILES string of the molecule is CC/C=C\C/C=C\C/C=C\C/C=C\C/C=C\CCCCCCCCCCCCCCCCCCCCCCCC(=O)NC(COP(=O)([O-])OCC[N+](C)(C)C)C(O)/C=C/CCCCCCCCCC. The summed E-state index contributed by atoms with van der Waals surface area (Å²) in [5.74, 6) is -0.198. The molecule has 2 N–H and O–H groups in total. The summed E-state index contributed by atoms with van der Waals surface area (Å²) in [4.78, 5) is 25.4. The Kier molecular flexibility index (Phi) is 49.3. The maximum Gasteiger partial charge on any atom is 0.268 e. The van der Waals surface area contributed by atoms with Gasteiger partial charge in [0.15, 0.2) is 0 Å². The Labute approximate surface area is 427 Å². The average Bonchev–Trinajstić information content (AvgIpc) is 3.31. The van der Waals surface area contributed by atoms with Gasteiger partial charge in [-0.15, -0.1) is 0 Å². The Hall–Kier alpha value is -2.06. The van der Waals surface area contributed by atoms with Crippen molar-refractivity contribution < 1.29 is 32.9 Å². The Balaban J connectivity index is 3.90. The van der Waals surface area contributed by atoms with E-state index < -0.39 is 20.0 Å². The van der Waals surface area contributed by atoms with E-state index in [4.69, 9.17) is 9.05 Å². The van der Waals surface area contributed by atoms with Crippen LogP contribution in [0.25, 0.3) is 0 Å². The summed E-state index contributed by atoms with van der Waals surface area (Å²) in [6.07, 6.45) is 70.0. The monoisotopic (exact) mass is 987 g/mol. The van der Waals surface area contributed by atoms with Crippen LogP contribution < -0.4 is 10.2 Å². The van der Waals surface area contributed by atoms with Crippen LogP contribution in [0.5, 0.6) is 0 Å². The number of phosphoric acid groups is 1. The van der Waals surface area contributed by atoms with Crippen LogP contribution in [-0.2, 0) is 18.4 Å². The molecule has 0 saturated carbocycles. The fourth-order valence-corrected chi connectivity index (χ4v) is 8.90. The number of carbonyl (C=O) groups excluding carboxylic acids is 1. The molecule has 0 aliphatic rings. The molecule has 0 spiro atoms. The summed E-state index contributed by atoms with van der Waals surface area (Å²) in [5, 5.41) is 13.8. The van der Waals surface area contributed by atoms with Gasteiger partial charge in [0.2, 0.25) is 5.91 Å². The lowest BCUT2D eigenvalue weighted by Gasteiger charge is -2.29. The van der Waals surface area contributed by atoms with Crippen molar-refractivity contribution in [3.05, 3.63) is 72.9 Å². The Morgan fingerprint density at radius 3 is 1.29 bits per heavy atom. The fraction of sp³-hybridized carbons (Fsp3) is 0.783. The highest BCUT2D eigenvalue weighted by molar-refractivity contribution is 7.45. The predicted molar refractivity (Wildman–Crippen MR) is 297 cm³/mol. The highest BCUT2D eigenvalue weighted by atomic mass is 31.2. The van der Waals surface area contributed by atoms with Crippen LogP contribution >= 0.6 is 7.82 Å². The van der Waals surface area contributed by atoms with Crippen molar-refractivity contribution in [1.29, 1.82) is 0 Å². The molecular formula is C60H111N2O6P. The fourth-order valence-electron chi connectivity index (χ4n) is 8.18. The van der Waals surface area contributed by atoms with Gasteiger partial charge in [0.25, 0.3) is 7.82 Å². The number of amides is 1. The van der Waals surface area contributed by atoms with Crippen molar-refractivity contribution in [2.75, 3.05) is 40.9 Å². The predicted octanol–water partition coefficient (Wildman–Crippen LogP) is 16.9. The van der Waals surface area contributed by atoms with Gasteiger partial charge in [-0.05, 0) is 64.2 Å². The Bertz CT molecular complexity index is 1350. The minimum atomic E-state index is -4.59. The number of likely N-dealkylation sites (N-methyl/N-ethyl adjacent to an activating group) is 1. The maximum absolute atomic E-state index is 12.9. The summed E-state index contributed by atoms with van der Waals surface area (Å²) in [6.45, 7) is 4.52. The summed E-state index contributed by atoms with van der Waals surface area (Å²) in [7, 11) is 1.26. The molecule has 0 aromatic carbocycles. The van der Waals surface area contributed by atoms with Gasteiger partial charge in [-0.2, -0.15) is 0 Å². The molecule has 0 aliphatic heterocycles. The largest absolute Gasteiger partial charge is 0.756 e. The van der Waals surface area contributed by atoms with Crippen LogP contribution in [-0.4, -0.2) is 68.5 Å². The third-order valence-corrected chi connectivity index (χ3v) is 13.6. The first-order chi connectivity index (χ1) is 33.5. The van der Waals surface area contributed by atoms with Crippen LogP contribution in [0.1, 0.15) is 251 Å². The molecular weight excluding hydrogens is 876 g/mol. The van der Waals surface area contributed by atoms with Crippen LogP contribution in [0.3, 0.4) is 0 Å². The van der Waals surface area contributed by atoms with Crippen molar-refractivity contribution in [1.82, 2.24) is 5.32 Å². The molecule has 0 bridgehead atoms. The molecule has 3 unspecified atom stereocenters. The number of unbranched alkanes of at least 4 members (excludes halogenated alkanes) is 29. The molecule has 0 aliphatic carbocycles. The van der Waals surface area contributed by atoms with Crippen molar-refractivity contribution in [3.8, 4) is 0 Å². The van der Waals surface area contributed by atoms with Gasteiger partial charge in [0, 0.05) is 6.42 Å². The minimum absolute atomic E-state index is 0.00138. The van der Waals surface area contributed by atoms with E-state index in [1.165, 1.54) is 161 Å². The molecule has 0 saturated heterocycles. The number of rotatable bonds is 52.